The van der Waals surface area contributed by atoms with Crippen LogP contribution in [-0.4, -0.2) is 13.3 Å². The van der Waals surface area contributed by atoms with Gasteiger partial charge in [-0.15, -0.1) is 0 Å². The quantitative estimate of drug-likeness (QED) is 0.638. The lowest BCUT2D eigenvalue weighted by Crippen LogP contribution is -2.27. The van der Waals surface area contributed by atoms with E-state index in [4.69, 9.17) is 11.6 Å². The Hall–Kier alpha value is -2.10. The molecule has 1 atom stereocenters. The first-order valence-corrected chi connectivity index (χ1v) is 8.39. The molecule has 0 heterocycles. The Balaban J connectivity index is 2.32. The van der Waals surface area contributed by atoms with Gasteiger partial charge in [0.25, 0.3) is 5.69 Å². The molecule has 0 bridgehead atoms. The summed E-state index contributed by atoms with van der Waals surface area (Å²) < 4.78 is 53.0. The molecule has 2 aromatic rings. The molecule has 0 saturated carbocycles. The fourth-order valence-electron chi connectivity index (χ4n) is 1.95. The summed E-state index contributed by atoms with van der Waals surface area (Å²) >= 11 is 5.64. The van der Waals surface area contributed by atoms with Gasteiger partial charge >= 0.3 is 0 Å². The Morgan fingerprint density at radius 3 is 2.42 bits per heavy atom. The van der Waals surface area contributed by atoms with Gasteiger partial charge in [0.05, 0.1) is 9.82 Å². The van der Waals surface area contributed by atoms with Crippen molar-refractivity contribution in [3.8, 4) is 0 Å². The van der Waals surface area contributed by atoms with E-state index in [1.807, 2.05) is 0 Å². The summed E-state index contributed by atoms with van der Waals surface area (Å²) in [5.74, 6) is -2.16. The minimum atomic E-state index is -4.13. The molecule has 10 heteroatoms. The fourth-order valence-corrected chi connectivity index (χ4v) is 3.39. The molecule has 0 amide bonds. The molecule has 0 aliphatic heterocycles. The molecule has 0 aliphatic rings. The molecule has 0 saturated heterocycles. The van der Waals surface area contributed by atoms with Crippen molar-refractivity contribution in [2.24, 2.45) is 0 Å². The molecule has 6 nitrogen and oxygen atoms in total. The van der Waals surface area contributed by atoms with Crippen LogP contribution < -0.4 is 4.72 Å². The highest BCUT2D eigenvalue weighted by molar-refractivity contribution is 7.89. The molecular formula is C14H11ClF2N2O4S. The summed E-state index contributed by atoms with van der Waals surface area (Å²) in [5.41, 5.74) is -0.360. The van der Waals surface area contributed by atoms with Gasteiger partial charge in [-0.05, 0) is 36.8 Å². The highest BCUT2D eigenvalue weighted by atomic mass is 35.5. The van der Waals surface area contributed by atoms with Gasteiger partial charge in [-0.1, -0.05) is 17.7 Å². The van der Waals surface area contributed by atoms with E-state index in [2.05, 4.69) is 4.72 Å². The van der Waals surface area contributed by atoms with Crippen LogP contribution in [0.2, 0.25) is 5.02 Å². The van der Waals surface area contributed by atoms with Crippen molar-refractivity contribution in [3.05, 3.63) is 68.7 Å². The summed E-state index contributed by atoms with van der Waals surface area (Å²) in [4.78, 5) is 9.67. The molecule has 0 aromatic heterocycles. The molecule has 0 radical (unpaired) electrons. The first kappa shape index (κ1) is 18.2. The largest absolute Gasteiger partial charge is 0.289 e. The summed E-state index contributed by atoms with van der Waals surface area (Å²) in [5, 5.41) is 10.6. The number of nitro groups is 1. The molecule has 1 N–H and O–H groups in total. The van der Waals surface area contributed by atoms with Crippen molar-refractivity contribution >= 4 is 27.3 Å². The van der Waals surface area contributed by atoms with Crippen LogP contribution in [-0.2, 0) is 10.0 Å². The number of benzene rings is 2. The molecule has 24 heavy (non-hydrogen) atoms. The summed E-state index contributed by atoms with van der Waals surface area (Å²) in [7, 11) is -4.13. The minimum absolute atomic E-state index is 0.195. The van der Waals surface area contributed by atoms with E-state index < -0.39 is 38.3 Å². The van der Waals surface area contributed by atoms with E-state index in [-0.39, 0.29) is 15.5 Å². The van der Waals surface area contributed by atoms with Gasteiger partial charge in [-0.3, -0.25) is 10.1 Å². The predicted octanol–water partition coefficient (Wildman–Crippen LogP) is 3.57. The lowest BCUT2D eigenvalue weighted by molar-refractivity contribution is -0.384. The maximum atomic E-state index is 13.2. The maximum Gasteiger partial charge on any atom is 0.289 e. The van der Waals surface area contributed by atoms with Gasteiger partial charge in [0.15, 0.2) is 11.6 Å². The number of nitro benzene ring substituents is 1. The number of halogens is 3. The molecule has 2 rings (SSSR count). The van der Waals surface area contributed by atoms with Crippen LogP contribution in [0.1, 0.15) is 18.5 Å². The SMILES string of the molecule is C[C@@H](NS(=O)(=O)c1ccc(Cl)c([N+](=O)[O-])c1)c1ccc(F)c(F)c1. The second kappa shape index (κ2) is 6.80. The zero-order valence-corrected chi connectivity index (χ0v) is 13.7. The van der Waals surface area contributed by atoms with Crippen molar-refractivity contribution < 1.29 is 22.1 Å². The fraction of sp³-hybridized carbons (Fsp3) is 0.143. The van der Waals surface area contributed by atoms with Crippen molar-refractivity contribution in [3.63, 3.8) is 0 Å². The third-order valence-electron chi connectivity index (χ3n) is 3.20. The van der Waals surface area contributed by atoms with E-state index in [1.165, 1.54) is 13.0 Å². The number of nitrogens with one attached hydrogen (secondary N) is 1. The Morgan fingerprint density at radius 1 is 1.17 bits per heavy atom. The van der Waals surface area contributed by atoms with E-state index >= 15 is 0 Å². The van der Waals surface area contributed by atoms with Crippen LogP contribution in [0, 0.1) is 21.7 Å². The van der Waals surface area contributed by atoms with Crippen LogP contribution in [0.25, 0.3) is 0 Å². The van der Waals surface area contributed by atoms with Gasteiger partial charge in [0.1, 0.15) is 5.02 Å². The zero-order valence-electron chi connectivity index (χ0n) is 12.2. The third-order valence-corrected chi connectivity index (χ3v) is 5.06. The normalized spacial score (nSPS) is 12.8. The Bertz CT molecular complexity index is 906. The van der Waals surface area contributed by atoms with Crippen molar-refractivity contribution in [1.29, 1.82) is 0 Å². The first-order valence-electron chi connectivity index (χ1n) is 6.53. The molecular weight excluding hydrogens is 366 g/mol. The van der Waals surface area contributed by atoms with E-state index in [0.717, 1.165) is 30.3 Å². The van der Waals surface area contributed by atoms with E-state index in [1.54, 1.807) is 0 Å². The average molecular weight is 377 g/mol. The highest BCUT2D eigenvalue weighted by Gasteiger charge is 2.23. The number of sulfonamides is 1. The molecule has 0 aliphatic carbocycles. The standard InChI is InChI=1S/C14H11ClF2N2O4S/c1-8(9-2-5-12(16)13(17)6-9)18-24(22,23)10-3-4-11(15)14(7-10)19(20)21/h2-8,18H,1H3/t8-/m1/s1. The third kappa shape index (κ3) is 3.86. The second-order valence-electron chi connectivity index (χ2n) is 4.89. The highest BCUT2D eigenvalue weighted by Crippen LogP contribution is 2.28. The van der Waals surface area contributed by atoms with Crippen LogP contribution in [0.3, 0.4) is 0 Å². The molecule has 0 spiro atoms. The topological polar surface area (TPSA) is 89.3 Å². The lowest BCUT2D eigenvalue weighted by Gasteiger charge is -2.15. The van der Waals surface area contributed by atoms with Gasteiger partial charge in [0, 0.05) is 12.1 Å². The molecule has 128 valence electrons. The average Bonchev–Trinajstić information content (AvgIpc) is 2.49. The van der Waals surface area contributed by atoms with Gasteiger partial charge in [0.2, 0.25) is 10.0 Å². The van der Waals surface area contributed by atoms with Crippen molar-refractivity contribution in [2.75, 3.05) is 0 Å². The number of rotatable bonds is 5. The first-order chi connectivity index (χ1) is 11.1. The van der Waals surface area contributed by atoms with Crippen LogP contribution in [0.5, 0.6) is 0 Å². The van der Waals surface area contributed by atoms with Crippen LogP contribution >= 0.6 is 11.6 Å². The number of nitrogens with zero attached hydrogens (tertiary/aromatic N) is 1. The monoisotopic (exact) mass is 376 g/mol. The van der Waals surface area contributed by atoms with Gasteiger partial charge < -0.3 is 0 Å². The lowest BCUT2D eigenvalue weighted by atomic mass is 10.1. The Labute approximate surface area is 141 Å². The Kier molecular flexibility index (Phi) is 5.16. The van der Waals surface area contributed by atoms with Crippen molar-refractivity contribution in [1.82, 2.24) is 4.72 Å². The van der Waals surface area contributed by atoms with Crippen molar-refractivity contribution in [2.45, 2.75) is 17.9 Å². The number of hydrogen-bond donors (Lipinski definition) is 1. The van der Waals surface area contributed by atoms with Gasteiger partial charge in [-0.25, -0.2) is 21.9 Å². The molecule has 2 aromatic carbocycles. The summed E-state index contributed by atoms with van der Waals surface area (Å²) in [6, 6.07) is 5.11. The summed E-state index contributed by atoms with van der Waals surface area (Å²) in [6.45, 7) is 1.43. The van der Waals surface area contributed by atoms with Crippen LogP contribution in [0.4, 0.5) is 14.5 Å². The maximum absolute atomic E-state index is 13.2. The second-order valence-corrected chi connectivity index (χ2v) is 7.01. The molecule has 0 fully saturated rings. The number of hydrogen-bond acceptors (Lipinski definition) is 4. The predicted molar refractivity (Wildman–Crippen MR) is 83.2 cm³/mol. The Morgan fingerprint density at radius 2 is 1.83 bits per heavy atom. The smallest absolute Gasteiger partial charge is 0.258 e. The zero-order chi connectivity index (χ0) is 18.1. The molecule has 0 unspecified atom stereocenters. The summed E-state index contributed by atoms with van der Waals surface area (Å²) in [6.07, 6.45) is 0. The van der Waals surface area contributed by atoms with Crippen LogP contribution in [0.15, 0.2) is 41.3 Å². The minimum Gasteiger partial charge on any atom is -0.258 e. The van der Waals surface area contributed by atoms with E-state index in [9.17, 15) is 27.3 Å². The van der Waals surface area contributed by atoms with E-state index in [0.29, 0.717) is 0 Å². The van der Waals surface area contributed by atoms with Gasteiger partial charge in [-0.2, -0.15) is 0 Å².